The molecule has 0 aliphatic rings. The van der Waals surface area contributed by atoms with Crippen LogP contribution in [0.3, 0.4) is 0 Å². The van der Waals surface area contributed by atoms with E-state index in [1.165, 1.54) is 0 Å². The van der Waals surface area contributed by atoms with Crippen molar-refractivity contribution < 1.29 is 4.79 Å². The van der Waals surface area contributed by atoms with Crippen LogP contribution in [0, 0.1) is 0 Å². The SMILES string of the molecule is NC(=S)Nc1cc(Cl)ccc1C(=O)c1ccccc1. The van der Waals surface area contributed by atoms with Crippen LogP contribution in [0.2, 0.25) is 5.02 Å². The molecule has 0 saturated carbocycles. The van der Waals surface area contributed by atoms with Gasteiger partial charge in [0.1, 0.15) is 0 Å². The van der Waals surface area contributed by atoms with Crippen LogP contribution in [-0.2, 0) is 0 Å². The average Bonchev–Trinajstić information content (AvgIpc) is 2.38. The number of nitrogens with two attached hydrogens (primary N) is 1. The summed E-state index contributed by atoms with van der Waals surface area (Å²) in [5.41, 5.74) is 7.03. The third kappa shape index (κ3) is 3.30. The lowest BCUT2D eigenvalue weighted by molar-refractivity contribution is 0.103. The quantitative estimate of drug-likeness (QED) is 0.673. The first kappa shape index (κ1) is 13.5. The maximum absolute atomic E-state index is 12.4. The highest BCUT2D eigenvalue weighted by atomic mass is 35.5. The highest BCUT2D eigenvalue weighted by Crippen LogP contribution is 2.23. The van der Waals surface area contributed by atoms with Crippen LogP contribution in [0.15, 0.2) is 48.5 Å². The summed E-state index contributed by atoms with van der Waals surface area (Å²) in [6.45, 7) is 0. The van der Waals surface area contributed by atoms with Gasteiger partial charge in [0.2, 0.25) is 0 Å². The number of halogens is 1. The highest BCUT2D eigenvalue weighted by Gasteiger charge is 2.14. The van der Waals surface area contributed by atoms with Crippen molar-refractivity contribution in [3.63, 3.8) is 0 Å². The summed E-state index contributed by atoms with van der Waals surface area (Å²) in [6, 6.07) is 13.9. The van der Waals surface area contributed by atoms with Gasteiger partial charge in [-0.2, -0.15) is 0 Å². The summed E-state index contributed by atoms with van der Waals surface area (Å²) in [7, 11) is 0. The molecule has 19 heavy (non-hydrogen) atoms. The van der Waals surface area contributed by atoms with Gasteiger partial charge >= 0.3 is 0 Å². The molecule has 5 heteroatoms. The number of carbonyl (C=O) groups is 1. The van der Waals surface area contributed by atoms with Crippen LogP contribution in [0.4, 0.5) is 5.69 Å². The molecule has 0 atom stereocenters. The normalized spacial score (nSPS) is 9.95. The zero-order valence-corrected chi connectivity index (χ0v) is 11.5. The van der Waals surface area contributed by atoms with E-state index >= 15 is 0 Å². The van der Waals surface area contributed by atoms with Gasteiger partial charge in [-0.1, -0.05) is 41.9 Å². The topological polar surface area (TPSA) is 55.1 Å². The molecule has 0 fully saturated rings. The number of hydrogen-bond donors (Lipinski definition) is 2. The van der Waals surface area contributed by atoms with E-state index in [1.807, 2.05) is 18.2 Å². The second kappa shape index (κ2) is 5.82. The van der Waals surface area contributed by atoms with Gasteiger partial charge in [0, 0.05) is 16.1 Å². The first-order valence-corrected chi connectivity index (χ1v) is 6.32. The number of anilines is 1. The van der Waals surface area contributed by atoms with Crippen LogP contribution < -0.4 is 11.1 Å². The Morgan fingerprint density at radius 3 is 2.47 bits per heavy atom. The van der Waals surface area contributed by atoms with Crippen LogP contribution >= 0.6 is 23.8 Å². The van der Waals surface area contributed by atoms with Crippen LogP contribution in [0.1, 0.15) is 15.9 Å². The molecular formula is C14H11ClN2OS. The number of thiocarbonyl (C=S) groups is 1. The van der Waals surface area contributed by atoms with Gasteiger partial charge in [0.25, 0.3) is 0 Å². The Kier molecular flexibility index (Phi) is 4.14. The Morgan fingerprint density at radius 1 is 1.16 bits per heavy atom. The molecule has 3 N–H and O–H groups in total. The minimum atomic E-state index is -0.115. The Hall–Kier alpha value is -1.91. The Balaban J connectivity index is 2.44. The molecule has 0 aliphatic heterocycles. The van der Waals surface area contributed by atoms with E-state index < -0.39 is 0 Å². The Morgan fingerprint density at radius 2 is 1.84 bits per heavy atom. The average molecular weight is 291 g/mol. The van der Waals surface area contributed by atoms with E-state index in [9.17, 15) is 4.79 Å². The van der Waals surface area contributed by atoms with E-state index in [-0.39, 0.29) is 10.9 Å². The fraction of sp³-hybridized carbons (Fsp3) is 0. The molecule has 3 nitrogen and oxygen atoms in total. The summed E-state index contributed by atoms with van der Waals surface area (Å²) < 4.78 is 0. The van der Waals surface area contributed by atoms with Crippen molar-refractivity contribution in [1.82, 2.24) is 0 Å². The predicted octanol–water partition coefficient (Wildman–Crippen LogP) is 3.23. The monoisotopic (exact) mass is 290 g/mol. The molecule has 0 saturated heterocycles. The Bertz CT molecular complexity index is 629. The number of carbonyl (C=O) groups excluding carboxylic acids is 1. The van der Waals surface area contributed by atoms with E-state index in [1.54, 1.807) is 30.3 Å². The maximum atomic E-state index is 12.4. The predicted molar refractivity (Wildman–Crippen MR) is 81.7 cm³/mol. The number of nitrogens with one attached hydrogen (secondary N) is 1. The van der Waals surface area contributed by atoms with Crippen molar-refractivity contribution in [2.24, 2.45) is 5.73 Å². The number of rotatable bonds is 3. The number of benzene rings is 2. The molecule has 2 aromatic rings. The van der Waals surface area contributed by atoms with E-state index in [0.717, 1.165) is 0 Å². The van der Waals surface area contributed by atoms with Crippen molar-refractivity contribution in [1.29, 1.82) is 0 Å². The first-order valence-electron chi connectivity index (χ1n) is 5.53. The number of ketones is 1. The minimum absolute atomic E-state index is 0.0874. The van der Waals surface area contributed by atoms with Gasteiger partial charge in [0.15, 0.2) is 10.9 Å². The molecule has 2 rings (SSSR count). The van der Waals surface area contributed by atoms with Gasteiger partial charge in [0.05, 0.1) is 5.69 Å². The van der Waals surface area contributed by atoms with E-state index in [4.69, 9.17) is 29.6 Å². The summed E-state index contributed by atoms with van der Waals surface area (Å²) >= 11 is 10.7. The minimum Gasteiger partial charge on any atom is -0.376 e. The van der Waals surface area contributed by atoms with Crippen molar-refractivity contribution in [3.05, 3.63) is 64.7 Å². The fourth-order valence-electron chi connectivity index (χ4n) is 1.70. The molecule has 0 bridgehead atoms. The Labute approximate surface area is 121 Å². The highest BCUT2D eigenvalue weighted by molar-refractivity contribution is 7.80. The van der Waals surface area contributed by atoms with Gasteiger partial charge in [-0.05, 0) is 30.4 Å². The number of hydrogen-bond acceptors (Lipinski definition) is 2. The third-order valence-electron chi connectivity index (χ3n) is 2.52. The first-order chi connectivity index (χ1) is 9.08. The smallest absolute Gasteiger partial charge is 0.195 e. The second-order valence-corrected chi connectivity index (χ2v) is 4.75. The van der Waals surface area contributed by atoms with Gasteiger partial charge in [-0.15, -0.1) is 0 Å². The molecular weight excluding hydrogens is 280 g/mol. The molecule has 2 aromatic carbocycles. The largest absolute Gasteiger partial charge is 0.376 e. The zero-order chi connectivity index (χ0) is 13.8. The van der Waals surface area contributed by atoms with Crippen molar-refractivity contribution in [3.8, 4) is 0 Å². The molecule has 96 valence electrons. The van der Waals surface area contributed by atoms with Crippen LogP contribution in [0.25, 0.3) is 0 Å². The molecule has 0 spiro atoms. The fourth-order valence-corrected chi connectivity index (χ4v) is 1.98. The molecule has 0 unspecified atom stereocenters. The van der Waals surface area contributed by atoms with Gasteiger partial charge in [-0.3, -0.25) is 4.79 Å². The summed E-state index contributed by atoms with van der Waals surface area (Å²) in [6.07, 6.45) is 0. The third-order valence-corrected chi connectivity index (χ3v) is 2.86. The van der Waals surface area contributed by atoms with Crippen molar-refractivity contribution in [2.75, 3.05) is 5.32 Å². The zero-order valence-electron chi connectivity index (χ0n) is 9.89. The molecule has 0 radical (unpaired) electrons. The molecule has 0 heterocycles. The molecule has 0 aromatic heterocycles. The summed E-state index contributed by atoms with van der Waals surface area (Å²) in [5.74, 6) is -0.115. The lowest BCUT2D eigenvalue weighted by atomic mass is 10.0. The van der Waals surface area contributed by atoms with E-state index in [2.05, 4.69) is 5.32 Å². The second-order valence-electron chi connectivity index (χ2n) is 3.87. The lowest BCUT2D eigenvalue weighted by Crippen LogP contribution is -2.20. The maximum Gasteiger partial charge on any atom is 0.195 e. The summed E-state index contributed by atoms with van der Waals surface area (Å²) in [4.78, 5) is 12.4. The lowest BCUT2D eigenvalue weighted by Gasteiger charge is -2.10. The molecule has 0 amide bonds. The van der Waals surface area contributed by atoms with Crippen LogP contribution in [-0.4, -0.2) is 10.9 Å². The van der Waals surface area contributed by atoms with Gasteiger partial charge < -0.3 is 11.1 Å². The van der Waals surface area contributed by atoms with Crippen LogP contribution in [0.5, 0.6) is 0 Å². The molecule has 0 aliphatic carbocycles. The van der Waals surface area contributed by atoms with E-state index in [0.29, 0.717) is 21.8 Å². The standard InChI is InChI=1S/C14H11ClN2OS/c15-10-6-7-11(12(8-10)17-14(16)19)13(18)9-4-2-1-3-5-9/h1-8H,(H3,16,17,19). The summed E-state index contributed by atoms with van der Waals surface area (Å²) in [5, 5.41) is 3.36. The van der Waals surface area contributed by atoms with Gasteiger partial charge in [-0.25, -0.2) is 0 Å². The van der Waals surface area contributed by atoms with Crippen molar-refractivity contribution in [2.45, 2.75) is 0 Å². The van der Waals surface area contributed by atoms with Crippen molar-refractivity contribution >= 4 is 40.4 Å².